The molecule has 0 aliphatic rings. The van der Waals surface area contributed by atoms with Crippen LogP contribution < -0.4 is 10.6 Å². The van der Waals surface area contributed by atoms with Crippen molar-refractivity contribution >= 4 is 11.6 Å². The van der Waals surface area contributed by atoms with Crippen LogP contribution >= 0.6 is 0 Å². The largest absolute Gasteiger partial charge is 0.385 e. The van der Waals surface area contributed by atoms with Crippen LogP contribution in [0.5, 0.6) is 0 Å². The first-order chi connectivity index (χ1) is 9.69. The first-order valence-corrected chi connectivity index (χ1v) is 6.51. The summed E-state index contributed by atoms with van der Waals surface area (Å²) in [5.74, 6) is 0.517. The van der Waals surface area contributed by atoms with E-state index in [4.69, 9.17) is 0 Å². The van der Waals surface area contributed by atoms with E-state index in [1.165, 1.54) is 0 Å². The Labute approximate surface area is 117 Å². The highest BCUT2D eigenvalue weighted by atomic mass is 16.1. The standard InChI is InChI=1S/C13H18N6O/c1-3-14-10-4-6-15-11(8-10)13(20)16-7-5-12-17-9-19(2)18-12/h4,6,8-9H,3,5,7H2,1-2H3,(H,14,15)(H,16,20). The van der Waals surface area contributed by atoms with Crippen molar-refractivity contribution in [1.29, 1.82) is 0 Å². The summed E-state index contributed by atoms with van der Waals surface area (Å²) in [5, 5.41) is 10.1. The molecular formula is C13H18N6O. The van der Waals surface area contributed by atoms with Gasteiger partial charge in [0, 0.05) is 38.4 Å². The number of rotatable bonds is 6. The lowest BCUT2D eigenvalue weighted by molar-refractivity contribution is 0.0949. The van der Waals surface area contributed by atoms with Gasteiger partial charge in [-0.05, 0) is 19.1 Å². The number of hydrogen-bond acceptors (Lipinski definition) is 5. The van der Waals surface area contributed by atoms with Gasteiger partial charge in [0.15, 0.2) is 5.82 Å². The molecule has 0 radical (unpaired) electrons. The molecule has 0 unspecified atom stereocenters. The Balaban J connectivity index is 1.86. The minimum absolute atomic E-state index is 0.194. The van der Waals surface area contributed by atoms with E-state index in [1.807, 2.05) is 20.0 Å². The van der Waals surface area contributed by atoms with Crippen molar-refractivity contribution < 1.29 is 4.79 Å². The van der Waals surface area contributed by atoms with Gasteiger partial charge in [-0.3, -0.25) is 14.5 Å². The molecule has 0 saturated carbocycles. The molecule has 1 amide bonds. The van der Waals surface area contributed by atoms with Crippen LogP contribution in [0.4, 0.5) is 5.69 Å². The monoisotopic (exact) mass is 274 g/mol. The Bertz CT molecular complexity index is 580. The highest BCUT2D eigenvalue weighted by molar-refractivity contribution is 5.93. The molecule has 0 atom stereocenters. The Kier molecular flexibility index (Phi) is 4.65. The average Bonchev–Trinajstić information content (AvgIpc) is 2.85. The summed E-state index contributed by atoms with van der Waals surface area (Å²) in [6, 6.07) is 3.57. The average molecular weight is 274 g/mol. The van der Waals surface area contributed by atoms with Gasteiger partial charge in [0.05, 0.1) is 0 Å². The van der Waals surface area contributed by atoms with Crippen molar-refractivity contribution in [2.45, 2.75) is 13.3 Å². The summed E-state index contributed by atoms with van der Waals surface area (Å²) in [6.07, 6.45) is 3.85. The number of pyridine rings is 1. The summed E-state index contributed by atoms with van der Waals surface area (Å²) in [5.41, 5.74) is 1.29. The predicted octanol–water partition coefficient (Wildman–Crippen LogP) is 0.614. The normalized spacial score (nSPS) is 10.3. The van der Waals surface area contributed by atoms with E-state index in [2.05, 4.69) is 25.7 Å². The van der Waals surface area contributed by atoms with Gasteiger partial charge in [-0.15, -0.1) is 0 Å². The lowest BCUT2D eigenvalue weighted by atomic mass is 10.3. The van der Waals surface area contributed by atoms with E-state index in [-0.39, 0.29) is 5.91 Å². The Morgan fingerprint density at radius 1 is 1.40 bits per heavy atom. The van der Waals surface area contributed by atoms with Gasteiger partial charge in [-0.1, -0.05) is 0 Å². The molecule has 2 heterocycles. The summed E-state index contributed by atoms with van der Waals surface area (Å²) in [4.78, 5) is 20.1. The van der Waals surface area contributed by atoms with Crippen molar-refractivity contribution in [3.05, 3.63) is 36.2 Å². The second-order valence-electron chi connectivity index (χ2n) is 4.30. The molecule has 7 nitrogen and oxygen atoms in total. The van der Waals surface area contributed by atoms with Crippen LogP contribution in [-0.4, -0.2) is 38.7 Å². The highest BCUT2D eigenvalue weighted by Gasteiger charge is 2.08. The third kappa shape index (κ3) is 3.78. The number of aryl methyl sites for hydroxylation is 1. The molecular weight excluding hydrogens is 256 g/mol. The molecule has 2 aromatic heterocycles. The van der Waals surface area contributed by atoms with Crippen molar-refractivity contribution in [3.63, 3.8) is 0 Å². The fourth-order valence-corrected chi connectivity index (χ4v) is 1.75. The van der Waals surface area contributed by atoms with Gasteiger partial charge >= 0.3 is 0 Å². The number of aromatic nitrogens is 4. The van der Waals surface area contributed by atoms with Crippen molar-refractivity contribution in [2.75, 3.05) is 18.4 Å². The SMILES string of the molecule is CCNc1ccnc(C(=O)NCCc2ncn(C)n2)c1. The first kappa shape index (κ1) is 14.0. The zero-order valence-electron chi connectivity index (χ0n) is 11.6. The van der Waals surface area contributed by atoms with E-state index >= 15 is 0 Å². The Hall–Kier alpha value is -2.44. The van der Waals surface area contributed by atoms with E-state index < -0.39 is 0 Å². The highest BCUT2D eigenvalue weighted by Crippen LogP contribution is 2.07. The van der Waals surface area contributed by atoms with Crippen molar-refractivity contribution in [1.82, 2.24) is 25.1 Å². The maximum Gasteiger partial charge on any atom is 0.269 e. The number of hydrogen-bond donors (Lipinski definition) is 2. The van der Waals surface area contributed by atoms with Crippen LogP contribution in [-0.2, 0) is 13.5 Å². The van der Waals surface area contributed by atoms with E-state index in [0.717, 1.165) is 12.2 Å². The number of carbonyl (C=O) groups excluding carboxylic acids is 1. The summed E-state index contributed by atoms with van der Waals surface area (Å²) >= 11 is 0. The van der Waals surface area contributed by atoms with Crippen LogP contribution in [0.2, 0.25) is 0 Å². The summed E-state index contributed by atoms with van der Waals surface area (Å²) in [6.45, 7) is 3.28. The molecule has 0 fully saturated rings. The van der Waals surface area contributed by atoms with Gasteiger partial charge in [-0.25, -0.2) is 4.98 Å². The number of carbonyl (C=O) groups is 1. The third-order valence-corrected chi connectivity index (χ3v) is 2.65. The third-order valence-electron chi connectivity index (χ3n) is 2.65. The second-order valence-corrected chi connectivity index (χ2v) is 4.30. The zero-order valence-corrected chi connectivity index (χ0v) is 11.6. The molecule has 20 heavy (non-hydrogen) atoms. The van der Waals surface area contributed by atoms with Crippen LogP contribution in [0.15, 0.2) is 24.7 Å². The van der Waals surface area contributed by atoms with Gasteiger partial charge < -0.3 is 10.6 Å². The minimum atomic E-state index is -0.194. The first-order valence-electron chi connectivity index (χ1n) is 6.51. The second kappa shape index (κ2) is 6.65. The van der Waals surface area contributed by atoms with Crippen LogP contribution in [0, 0.1) is 0 Å². The van der Waals surface area contributed by atoms with Gasteiger partial charge in [0.1, 0.15) is 12.0 Å². The molecule has 2 N–H and O–H groups in total. The molecule has 2 aromatic rings. The van der Waals surface area contributed by atoms with Crippen LogP contribution in [0.25, 0.3) is 0 Å². The van der Waals surface area contributed by atoms with Gasteiger partial charge in [0.2, 0.25) is 0 Å². The Morgan fingerprint density at radius 2 is 2.25 bits per heavy atom. The molecule has 106 valence electrons. The molecule has 0 aliphatic heterocycles. The molecule has 7 heteroatoms. The molecule has 0 aliphatic carbocycles. The van der Waals surface area contributed by atoms with Crippen molar-refractivity contribution in [3.8, 4) is 0 Å². The van der Waals surface area contributed by atoms with E-state index in [9.17, 15) is 4.79 Å². The van der Waals surface area contributed by atoms with Crippen LogP contribution in [0.1, 0.15) is 23.2 Å². The lowest BCUT2D eigenvalue weighted by Crippen LogP contribution is -2.26. The topological polar surface area (TPSA) is 84.7 Å². The lowest BCUT2D eigenvalue weighted by Gasteiger charge is -2.06. The van der Waals surface area contributed by atoms with Crippen LogP contribution in [0.3, 0.4) is 0 Å². The summed E-state index contributed by atoms with van der Waals surface area (Å²) in [7, 11) is 1.81. The maximum absolute atomic E-state index is 11.9. The maximum atomic E-state index is 11.9. The predicted molar refractivity (Wildman–Crippen MR) is 75.4 cm³/mol. The van der Waals surface area contributed by atoms with Gasteiger partial charge in [0.25, 0.3) is 5.91 Å². The fraction of sp³-hybridized carbons (Fsp3) is 0.385. The summed E-state index contributed by atoms with van der Waals surface area (Å²) < 4.78 is 1.64. The van der Waals surface area contributed by atoms with E-state index in [0.29, 0.717) is 24.5 Å². The number of nitrogens with one attached hydrogen (secondary N) is 2. The smallest absolute Gasteiger partial charge is 0.269 e. The molecule has 0 bridgehead atoms. The fourth-order valence-electron chi connectivity index (χ4n) is 1.75. The zero-order chi connectivity index (χ0) is 14.4. The van der Waals surface area contributed by atoms with E-state index in [1.54, 1.807) is 23.3 Å². The molecule has 0 saturated heterocycles. The minimum Gasteiger partial charge on any atom is -0.385 e. The molecule has 0 spiro atoms. The molecule has 0 aromatic carbocycles. The number of anilines is 1. The quantitative estimate of drug-likeness (QED) is 0.806. The number of amides is 1. The molecule has 2 rings (SSSR count). The Morgan fingerprint density at radius 3 is 2.95 bits per heavy atom. The van der Waals surface area contributed by atoms with Gasteiger partial charge in [-0.2, -0.15) is 5.10 Å². The van der Waals surface area contributed by atoms with Crippen molar-refractivity contribution in [2.24, 2.45) is 7.05 Å². The number of nitrogens with zero attached hydrogens (tertiary/aromatic N) is 4.